The first-order valence-corrected chi connectivity index (χ1v) is 9.45. The van der Waals surface area contributed by atoms with Crippen LogP contribution in [0.5, 0.6) is 0 Å². The average Bonchev–Trinajstić information content (AvgIpc) is 3.26. The molecule has 1 aromatic carbocycles. The number of halogens is 2. The van der Waals surface area contributed by atoms with Gasteiger partial charge in [0.2, 0.25) is 5.78 Å². The predicted molar refractivity (Wildman–Crippen MR) is 99.3 cm³/mol. The van der Waals surface area contributed by atoms with Gasteiger partial charge in [0.15, 0.2) is 5.82 Å². The van der Waals surface area contributed by atoms with Crippen LogP contribution in [0.2, 0.25) is 0 Å². The Hall–Kier alpha value is -2.81. The Kier molecular flexibility index (Phi) is 3.55. The number of nitrogens with zero attached hydrogens (tertiary/aromatic N) is 5. The molecule has 0 fully saturated rings. The lowest BCUT2D eigenvalue weighted by Gasteiger charge is -2.31. The minimum Gasteiger partial charge on any atom is -0.361 e. The number of anilines is 1. The van der Waals surface area contributed by atoms with E-state index in [1.807, 2.05) is 20.7 Å². The number of aryl methyl sites for hydroxylation is 2. The molecule has 0 aliphatic carbocycles. The molecule has 1 aliphatic heterocycles. The number of hydrogen-bond acceptors (Lipinski definition) is 5. The summed E-state index contributed by atoms with van der Waals surface area (Å²) in [6, 6.07) is 4.18. The molecule has 27 heavy (non-hydrogen) atoms. The molecule has 6 nitrogen and oxygen atoms in total. The zero-order valence-corrected chi connectivity index (χ0v) is 15.3. The third-order valence-corrected chi connectivity index (χ3v) is 5.92. The topological polar surface area (TPSA) is 55.4 Å². The lowest BCUT2D eigenvalue weighted by molar-refractivity contribution is 0.559. The van der Waals surface area contributed by atoms with Crippen molar-refractivity contribution in [3.05, 3.63) is 57.0 Å². The molecular formula is C18H15F2N5OS. The monoisotopic (exact) mass is 387 g/mol. The van der Waals surface area contributed by atoms with Crippen LogP contribution >= 0.6 is 11.3 Å². The van der Waals surface area contributed by atoms with E-state index in [1.165, 1.54) is 22.0 Å². The van der Waals surface area contributed by atoms with Gasteiger partial charge in [0.1, 0.15) is 16.3 Å². The van der Waals surface area contributed by atoms with Crippen LogP contribution in [0.4, 0.5) is 14.5 Å². The minimum absolute atomic E-state index is 0.115. The van der Waals surface area contributed by atoms with E-state index in [0.717, 1.165) is 18.0 Å². The molecule has 4 aromatic rings. The quantitative estimate of drug-likeness (QED) is 0.531. The van der Waals surface area contributed by atoms with Crippen LogP contribution in [0.3, 0.4) is 0 Å². The Balaban J connectivity index is 1.67. The van der Waals surface area contributed by atoms with E-state index in [1.54, 1.807) is 7.05 Å². The second-order valence-electron chi connectivity index (χ2n) is 6.67. The molecule has 138 valence electrons. The van der Waals surface area contributed by atoms with Crippen LogP contribution in [0.15, 0.2) is 28.4 Å². The summed E-state index contributed by atoms with van der Waals surface area (Å²) in [6.45, 7) is 0.961. The fraction of sp³-hybridized carbons (Fsp3) is 0.278. The maximum atomic E-state index is 14.5. The van der Waals surface area contributed by atoms with Crippen LogP contribution in [0.25, 0.3) is 16.0 Å². The number of thiophene rings is 1. The molecule has 4 heterocycles. The largest absolute Gasteiger partial charge is 0.361 e. The minimum atomic E-state index is -0.563. The van der Waals surface area contributed by atoms with Crippen molar-refractivity contribution in [3.8, 4) is 0 Å². The van der Waals surface area contributed by atoms with Crippen LogP contribution in [-0.4, -0.2) is 25.7 Å². The van der Waals surface area contributed by atoms with Gasteiger partial charge in [0.05, 0.1) is 17.7 Å². The Bertz CT molecular complexity index is 1260. The lowest BCUT2D eigenvalue weighted by atomic mass is 10.0. The van der Waals surface area contributed by atoms with Gasteiger partial charge < -0.3 is 4.90 Å². The van der Waals surface area contributed by atoms with Gasteiger partial charge in [-0.25, -0.2) is 8.78 Å². The van der Waals surface area contributed by atoms with Crippen molar-refractivity contribution < 1.29 is 8.78 Å². The third-order valence-electron chi connectivity index (χ3n) is 5.03. The first kappa shape index (κ1) is 16.4. The SMILES string of the molecule is Cn1c(=O)c2sccc2n2c(CN3CCCc4cc(F)cc(F)c43)nnc12. The van der Waals surface area contributed by atoms with Crippen molar-refractivity contribution in [2.75, 3.05) is 11.4 Å². The Morgan fingerprint density at radius 1 is 1.26 bits per heavy atom. The molecular weight excluding hydrogens is 372 g/mol. The standard InChI is InChI=1S/C18H15F2N5OS/c1-23-17(26)16-13(4-6-27-16)25-14(21-22-18(23)25)9-24-5-2-3-10-7-11(19)8-12(20)15(10)24/h4,6-8H,2-3,5,9H2,1H3. The zero-order valence-electron chi connectivity index (χ0n) is 14.4. The van der Waals surface area contributed by atoms with Crippen molar-refractivity contribution in [1.82, 2.24) is 19.2 Å². The Morgan fingerprint density at radius 2 is 2.11 bits per heavy atom. The molecule has 0 bridgehead atoms. The van der Waals surface area contributed by atoms with Gasteiger partial charge in [-0.3, -0.25) is 13.8 Å². The van der Waals surface area contributed by atoms with Gasteiger partial charge in [-0.2, -0.15) is 0 Å². The third kappa shape index (κ3) is 2.38. The second-order valence-corrected chi connectivity index (χ2v) is 7.59. The highest BCUT2D eigenvalue weighted by Gasteiger charge is 2.24. The first-order chi connectivity index (χ1) is 13.0. The van der Waals surface area contributed by atoms with Crippen molar-refractivity contribution in [1.29, 1.82) is 0 Å². The molecule has 0 amide bonds. The van der Waals surface area contributed by atoms with Crippen LogP contribution in [0, 0.1) is 11.6 Å². The van der Waals surface area contributed by atoms with Gasteiger partial charge >= 0.3 is 0 Å². The van der Waals surface area contributed by atoms with Crippen molar-refractivity contribution in [2.24, 2.45) is 7.05 Å². The van der Waals surface area contributed by atoms with E-state index in [2.05, 4.69) is 10.2 Å². The van der Waals surface area contributed by atoms with E-state index in [0.29, 0.717) is 47.1 Å². The summed E-state index contributed by atoms with van der Waals surface area (Å²) in [5.74, 6) is -0.0686. The van der Waals surface area contributed by atoms with E-state index in [4.69, 9.17) is 0 Å². The average molecular weight is 387 g/mol. The fourth-order valence-corrected chi connectivity index (χ4v) is 4.67. The fourth-order valence-electron chi connectivity index (χ4n) is 3.82. The highest BCUT2D eigenvalue weighted by molar-refractivity contribution is 7.17. The van der Waals surface area contributed by atoms with Gasteiger partial charge in [-0.15, -0.1) is 21.5 Å². The smallest absolute Gasteiger partial charge is 0.272 e. The summed E-state index contributed by atoms with van der Waals surface area (Å²) in [6.07, 6.45) is 1.45. The van der Waals surface area contributed by atoms with E-state index >= 15 is 0 Å². The Morgan fingerprint density at radius 3 is 2.96 bits per heavy atom. The van der Waals surface area contributed by atoms with Crippen LogP contribution in [-0.2, 0) is 20.0 Å². The second kappa shape index (κ2) is 5.85. The maximum absolute atomic E-state index is 14.5. The molecule has 0 atom stereocenters. The molecule has 0 radical (unpaired) electrons. The summed E-state index contributed by atoms with van der Waals surface area (Å²) in [4.78, 5) is 14.3. The summed E-state index contributed by atoms with van der Waals surface area (Å²) in [7, 11) is 1.66. The molecule has 9 heteroatoms. The van der Waals surface area contributed by atoms with Crippen molar-refractivity contribution >= 4 is 33.0 Å². The molecule has 3 aromatic heterocycles. The van der Waals surface area contributed by atoms with Crippen molar-refractivity contribution in [3.63, 3.8) is 0 Å². The van der Waals surface area contributed by atoms with E-state index in [9.17, 15) is 13.6 Å². The summed E-state index contributed by atoms with van der Waals surface area (Å²) in [5, 5.41) is 10.3. The number of benzene rings is 1. The molecule has 1 aliphatic rings. The highest BCUT2D eigenvalue weighted by Crippen LogP contribution is 2.32. The molecule has 0 spiro atoms. The molecule has 0 saturated heterocycles. The Labute approximate surface area is 156 Å². The normalized spacial score (nSPS) is 14.3. The van der Waals surface area contributed by atoms with Gasteiger partial charge in [0, 0.05) is 19.7 Å². The number of rotatable bonds is 2. The number of hydrogen-bond donors (Lipinski definition) is 0. The number of fused-ring (bicyclic) bond motifs is 4. The predicted octanol–water partition coefficient (Wildman–Crippen LogP) is 2.87. The maximum Gasteiger partial charge on any atom is 0.272 e. The van der Waals surface area contributed by atoms with Gasteiger partial charge in [-0.1, -0.05) is 0 Å². The molecule has 5 rings (SSSR count). The number of aromatic nitrogens is 4. The highest BCUT2D eigenvalue weighted by atomic mass is 32.1. The molecule has 0 saturated carbocycles. The summed E-state index contributed by atoms with van der Waals surface area (Å²) >= 11 is 1.37. The summed E-state index contributed by atoms with van der Waals surface area (Å²) in [5.41, 5.74) is 1.72. The van der Waals surface area contributed by atoms with E-state index in [-0.39, 0.29) is 5.56 Å². The van der Waals surface area contributed by atoms with Gasteiger partial charge in [0.25, 0.3) is 5.56 Å². The lowest BCUT2D eigenvalue weighted by Crippen LogP contribution is -2.31. The van der Waals surface area contributed by atoms with Crippen LogP contribution < -0.4 is 10.5 Å². The van der Waals surface area contributed by atoms with E-state index < -0.39 is 11.6 Å². The van der Waals surface area contributed by atoms with Crippen LogP contribution in [0.1, 0.15) is 17.8 Å². The van der Waals surface area contributed by atoms with Gasteiger partial charge in [-0.05, 0) is 35.9 Å². The zero-order chi connectivity index (χ0) is 18.7. The molecule has 0 N–H and O–H groups in total. The van der Waals surface area contributed by atoms with Crippen molar-refractivity contribution in [2.45, 2.75) is 19.4 Å². The summed E-state index contributed by atoms with van der Waals surface area (Å²) < 4.78 is 32.0. The molecule has 0 unspecified atom stereocenters. The first-order valence-electron chi connectivity index (χ1n) is 8.57.